The van der Waals surface area contributed by atoms with Gasteiger partial charge in [-0.05, 0) is 24.6 Å². The summed E-state index contributed by atoms with van der Waals surface area (Å²) in [6, 6.07) is 6.20. The maximum Gasteiger partial charge on any atom is 0.138 e. The van der Waals surface area contributed by atoms with Crippen LogP contribution in [0.1, 0.15) is 5.56 Å². The first-order valence-electron chi connectivity index (χ1n) is 8.11. The summed E-state index contributed by atoms with van der Waals surface area (Å²) in [7, 11) is 2.17. The number of aromatic nitrogens is 3. The number of likely N-dealkylation sites (N-methyl/N-ethyl adjacent to an activating group) is 1. The largest absolute Gasteiger partial charge is 0.365 e. The lowest BCUT2D eigenvalue weighted by Crippen LogP contribution is -2.45. The molecule has 0 spiro atoms. The van der Waals surface area contributed by atoms with Crippen molar-refractivity contribution in [3.63, 3.8) is 0 Å². The van der Waals surface area contributed by atoms with Crippen LogP contribution in [0.4, 0.5) is 11.6 Å². The number of nitrogens with one attached hydrogen (secondary N) is 1. The second-order valence-corrected chi connectivity index (χ2v) is 6.89. The zero-order valence-electron chi connectivity index (χ0n) is 13.6. The van der Waals surface area contributed by atoms with Gasteiger partial charge in [-0.3, -0.25) is 0 Å². The summed E-state index contributed by atoms with van der Waals surface area (Å²) in [4.78, 5) is 19.1. The van der Waals surface area contributed by atoms with Crippen molar-refractivity contribution in [1.29, 1.82) is 0 Å². The van der Waals surface area contributed by atoms with Crippen molar-refractivity contribution in [3.8, 4) is 0 Å². The minimum Gasteiger partial charge on any atom is -0.365 e. The molecule has 24 heavy (non-hydrogen) atoms. The lowest BCUT2D eigenvalue weighted by atomic mass is 10.2. The zero-order chi connectivity index (χ0) is 16.4. The smallest absolute Gasteiger partial charge is 0.138 e. The topological polar surface area (TPSA) is 57.2 Å². The first kappa shape index (κ1) is 15.3. The molecule has 1 fully saturated rings. The highest BCUT2D eigenvalue weighted by atomic mass is 32.1. The van der Waals surface area contributed by atoms with Crippen molar-refractivity contribution in [3.05, 3.63) is 41.7 Å². The number of piperazine rings is 1. The molecule has 3 aromatic rings. The van der Waals surface area contributed by atoms with E-state index in [1.807, 2.05) is 17.6 Å². The molecule has 0 bridgehead atoms. The van der Waals surface area contributed by atoms with E-state index >= 15 is 0 Å². The molecule has 1 saturated heterocycles. The van der Waals surface area contributed by atoms with E-state index < -0.39 is 0 Å². The van der Waals surface area contributed by atoms with Crippen LogP contribution in [0.15, 0.2) is 36.1 Å². The van der Waals surface area contributed by atoms with Crippen molar-refractivity contribution in [2.45, 2.75) is 6.54 Å². The fraction of sp³-hybridized carbons (Fsp3) is 0.353. The Morgan fingerprint density at radius 1 is 1.12 bits per heavy atom. The summed E-state index contributed by atoms with van der Waals surface area (Å²) in [6.45, 7) is 4.89. The third kappa shape index (κ3) is 3.05. The summed E-state index contributed by atoms with van der Waals surface area (Å²) in [5.74, 6) is 1.96. The number of fused-ring (bicyclic) bond motifs is 1. The maximum atomic E-state index is 4.63. The molecule has 0 atom stereocenters. The van der Waals surface area contributed by atoms with Crippen LogP contribution in [0.3, 0.4) is 0 Å². The first-order chi connectivity index (χ1) is 11.8. The first-order valence-corrected chi connectivity index (χ1v) is 8.99. The van der Waals surface area contributed by atoms with Crippen LogP contribution in [0, 0.1) is 0 Å². The zero-order valence-corrected chi connectivity index (χ0v) is 14.5. The number of hydrogen-bond donors (Lipinski definition) is 1. The summed E-state index contributed by atoms with van der Waals surface area (Å²) >= 11 is 1.63. The van der Waals surface area contributed by atoms with E-state index in [2.05, 4.69) is 49.2 Å². The quantitative estimate of drug-likeness (QED) is 0.787. The number of nitrogens with zero attached hydrogens (tertiary/aromatic N) is 5. The molecule has 0 radical (unpaired) electrons. The standard InChI is InChI=1S/C17H20N6S/c1-22-6-8-23(9-7-22)16-13(3-2-5-18-16)11-19-15-14-4-10-24-17(14)21-12-20-15/h2-5,10,12H,6-9,11H2,1H3,(H,19,20,21). The number of pyridine rings is 1. The van der Waals surface area contributed by atoms with Crippen LogP contribution in [0.2, 0.25) is 0 Å². The monoisotopic (exact) mass is 340 g/mol. The normalized spacial score (nSPS) is 15.8. The Morgan fingerprint density at radius 2 is 2.00 bits per heavy atom. The third-order valence-electron chi connectivity index (χ3n) is 4.38. The van der Waals surface area contributed by atoms with Gasteiger partial charge in [0.1, 0.15) is 22.8 Å². The van der Waals surface area contributed by atoms with Gasteiger partial charge in [0.25, 0.3) is 0 Å². The lowest BCUT2D eigenvalue weighted by molar-refractivity contribution is 0.312. The van der Waals surface area contributed by atoms with E-state index in [-0.39, 0.29) is 0 Å². The van der Waals surface area contributed by atoms with E-state index in [9.17, 15) is 0 Å². The Hall–Kier alpha value is -2.25. The fourth-order valence-corrected chi connectivity index (χ4v) is 3.71. The molecule has 4 heterocycles. The molecule has 0 saturated carbocycles. The molecule has 0 unspecified atom stereocenters. The van der Waals surface area contributed by atoms with Crippen LogP contribution >= 0.6 is 11.3 Å². The fourth-order valence-electron chi connectivity index (χ4n) is 2.98. The van der Waals surface area contributed by atoms with Gasteiger partial charge in [-0.15, -0.1) is 11.3 Å². The Kier molecular flexibility index (Phi) is 4.27. The van der Waals surface area contributed by atoms with Crippen LogP contribution < -0.4 is 10.2 Å². The molecule has 0 aromatic carbocycles. The Balaban J connectivity index is 1.54. The maximum absolute atomic E-state index is 4.63. The van der Waals surface area contributed by atoms with Crippen LogP contribution in [-0.4, -0.2) is 53.1 Å². The van der Waals surface area contributed by atoms with Crippen molar-refractivity contribution in [1.82, 2.24) is 19.9 Å². The van der Waals surface area contributed by atoms with Crippen molar-refractivity contribution < 1.29 is 0 Å². The number of rotatable bonds is 4. The van der Waals surface area contributed by atoms with Crippen molar-refractivity contribution >= 4 is 33.2 Å². The van der Waals surface area contributed by atoms with Gasteiger partial charge >= 0.3 is 0 Å². The summed E-state index contributed by atoms with van der Waals surface area (Å²) in [5, 5.41) is 6.58. The van der Waals surface area contributed by atoms with E-state index in [1.165, 1.54) is 5.56 Å². The van der Waals surface area contributed by atoms with Gasteiger partial charge in [0.05, 0.1) is 5.39 Å². The van der Waals surface area contributed by atoms with Gasteiger partial charge in [0.15, 0.2) is 0 Å². The summed E-state index contributed by atoms with van der Waals surface area (Å²) in [6.07, 6.45) is 3.49. The Morgan fingerprint density at radius 3 is 2.88 bits per heavy atom. The average Bonchev–Trinajstić information content (AvgIpc) is 3.10. The Bertz CT molecular complexity index is 825. The predicted octanol–water partition coefficient (Wildman–Crippen LogP) is 2.45. The average molecular weight is 340 g/mol. The number of anilines is 2. The van der Waals surface area contributed by atoms with Crippen molar-refractivity contribution in [2.24, 2.45) is 0 Å². The van der Waals surface area contributed by atoms with Gasteiger partial charge in [-0.2, -0.15) is 0 Å². The second kappa shape index (κ2) is 6.70. The molecular formula is C17H20N6S. The number of hydrogen-bond acceptors (Lipinski definition) is 7. The molecule has 1 aliphatic heterocycles. The van der Waals surface area contributed by atoms with Crippen molar-refractivity contribution in [2.75, 3.05) is 43.4 Å². The van der Waals surface area contributed by atoms with E-state index in [4.69, 9.17) is 0 Å². The third-order valence-corrected chi connectivity index (χ3v) is 5.20. The van der Waals surface area contributed by atoms with Gasteiger partial charge < -0.3 is 15.1 Å². The van der Waals surface area contributed by atoms with E-state index in [1.54, 1.807) is 17.7 Å². The van der Waals surface area contributed by atoms with Gasteiger partial charge in [-0.1, -0.05) is 6.07 Å². The van der Waals surface area contributed by atoms with Gasteiger partial charge in [0, 0.05) is 44.5 Å². The van der Waals surface area contributed by atoms with E-state index in [0.29, 0.717) is 6.54 Å². The molecule has 3 aromatic heterocycles. The van der Waals surface area contributed by atoms with E-state index in [0.717, 1.165) is 48.0 Å². The molecule has 0 amide bonds. The number of thiophene rings is 1. The minimum atomic E-state index is 0.706. The molecule has 6 nitrogen and oxygen atoms in total. The molecule has 124 valence electrons. The summed E-state index contributed by atoms with van der Waals surface area (Å²) < 4.78 is 0. The molecule has 1 aliphatic rings. The van der Waals surface area contributed by atoms with Gasteiger partial charge in [-0.25, -0.2) is 15.0 Å². The minimum absolute atomic E-state index is 0.706. The molecule has 7 heteroatoms. The highest BCUT2D eigenvalue weighted by Gasteiger charge is 2.18. The molecule has 4 rings (SSSR count). The Labute approximate surface area is 145 Å². The highest BCUT2D eigenvalue weighted by molar-refractivity contribution is 7.16. The second-order valence-electron chi connectivity index (χ2n) is 5.99. The lowest BCUT2D eigenvalue weighted by Gasteiger charge is -2.34. The molecular weight excluding hydrogens is 320 g/mol. The van der Waals surface area contributed by atoms with Crippen LogP contribution in [-0.2, 0) is 6.54 Å². The highest BCUT2D eigenvalue weighted by Crippen LogP contribution is 2.25. The van der Waals surface area contributed by atoms with Crippen LogP contribution in [0.5, 0.6) is 0 Å². The van der Waals surface area contributed by atoms with Crippen LogP contribution in [0.25, 0.3) is 10.2 Å². The predicted molar refractivity (Wildman–Crippen MR) is 98.7 cm³/mol. The SMILES string of the molecule is CN1CCN(c2ncccc2CNc2ncnc3sccc23)CC1. The van der Waals surface area contributed by atoms with Gasteiger partial charge in [0.2, 0.25) is 0 Å². The summed E-state index contributed by atoms with van der Waals surface area (Å²) in [5.41, 5.74) is 1.20. The molecule has 1 N–H and O–H groups in total. The molecule has 0 aliphatic carbocycles.